The van der Waals surface area contributed by atoms with Crippen molar-refractivity contribution in [3.05, 3.63) is 27.1 Å². The van der Waals surface area contributed by atoms with Gasteiger partial charge in [-0.05, 0) is 42.6 Å². The van der Waals surface area contributed by atoms with Gasteiger partial charge in [-0.25, -0.2) is 9.78 Å². The van der Waals surface area contributed by atoms with E-state index in [1.54, 1.807) is 18.3 Å². The summed E-state index contributed by atoms with van der Waals surface area (Å²) in [5.74, 6) is -0.389. The Morgan fingerprint density at radius 2 is 2.21 bits per heavy atom. The Morgan fingerprint density at radius 3 is 2.79 bits per heavy atom. The van der Waals surface area contributed by atoms with Crippen LogP contribution in [0.25, 0.3) is 10.2 Å². The van der Waals surface area contributed by atoms with Crippen molar-refractivity contribution in [3.63, 3.8) is 0 Å². The Bertz CT molecular complexity index is 844. The molecule has 2 aromatic heterocycles. The van der Waals surface area contributed by atoms with Gasteiger partial charge in [-0.1, -0.05) is 27.7 Å². The lowest BCUT2D eigenvalue weighted by Crippen LogP contribution is -2.30. The molecule has 0 aliphatic heterocycles. The number of carboxylic acid groups (broad SMARTS) is 1. The zero-order valence-corrected chi connectivity index (χ0v) is 15.4. The number of fused-ring (bicyclic) bond motifs is 3. The molecule has 24 heavy (non-hydrogen) atoms. The van der Waals surface area contributed by atoms with Crippen LogP contribution in [0, 0.1) is 11.3 Å². The fourth-order valence-corrected chi connectivity index (χ4v) is 4.89. The predicted molar refractivity (Wildman–Crippen MR) is 95.8 cm³/mol. The van der Waals surface area contributed by atoms with Crippen molar-refractivity contribution >= 4 is 27.5 Å². The SMILES string of the molecule is CC[C@H](C(=O)O)n1cnc2sc3c(c2c1=O)CC[C@H](C(C)(C)C)C3. The molecular formula is C18H24N2O3S. The third-order valence-electron chi connectivity index (χ3n) is 5.23. The lowest BCUT2D eigenvalue weighted by Gasteiger charge is -2.33. The quantitative estimate of drug-likeness (QED) is 0.919. The predicted octanol–water partition coefficient (Wildman–Crippen LogP) is 3.64. The molecule has 0 aromatic carbocycles. The van der Waals surface area contributed by atoms with Gasteiger partial charge in [0.15, 0.2) is 0 Å². The van der Waals surface area contributed by atoms with Crippen LogP contribution in [-0.2, 0) is 17.6 Å². The number of nitrogens with zero attached hydrogens (tertiary/aromatic N) is 2. The van der Waals surface area contributed by atoms with E-state index in [4.69, 9.17) is 0 Å². The van der Waals surface area contributed by atoms with Gasteiger partial charge < -0.3 is 5.11 Å². The van der Waals surface area contributed by atoms with Crippen LogP contribution >= 0.6 is 11.3 Å². The first-order valence-electron chi connectivity index (χ1n) is 8.48. The molecule has 1 aliphatic rings. The molecule has 130 valence electrons. The number of rotatable bonds is 3. The van der Waals surface area contributed by atoms with Crippen LogP contribution in [0.15, 0.2) is 11.1 Å². The van der Waals surface area contributed by atoms with Gasteiger partial charge in [0.05, 0.1) is 11.7 Å². The van der Waals surface area contributed by atoms with Crippen LogP contribution in [0.4, 0.5) is 0 Å². The van der Waals surface area contributed by atoms with Gasteiger partial charge in [0.25, 0.3) is 5.56 Å². The second-order valence-electron chi connectivity index (χ2n) is 7.71. The first-order chi connectivity index (χ1) is 11.2. The Balaban J connectivity index is 2.11. The fraction of sp³-hybridized carbons (Fsp3) is 0.611. The first-order valence-corrected chi connectivity index (χ1v) is 9.29. The third kappa shape index (κ3) is 2.77. The molecule has 0 radical (unpaired) electrons. The van der Waals surface area contributed by atoms with Crippen LogP contribution < -0.4 is 5.56 Å². The molecule has 0 saturated carbocycles. The average Bonchev–Trinajstić information content (AvgIpc) is 2.87. The van der Waals surface area contributed by atoms with Crippen molar-refractivity contribution < 1.29 is 9.90 Å². The van der Waals surface area contributed by atoms with Crippen molar-refractivity contribution in [3.8, 4) is 0 Å². The largest absolute Gasteiger partial charge is 0.480 e. The van der Waals surface area contributed by atoms with Crippen LogP contribution in [-0.4, -0.2) is 20.6 Å². The maximum Gasteiger partial charge on any atom is 0.326 e. The van der Waals surface area contributed by atoms with E-state index < -0.39 is 12.0 Å². The second-order valence-corrected chi connectivity index (χ2v) is 8.79. The Hall–Kier alpha value is -1.69. The lowest BCUT2D eigenvalue weighted by atomic mass is 9.72. The van der Waals surface area contributed by atoms with Crippen molar-refractivity contribution in [1.29, 1.82) is 0 Å². The smallest absolute Gasteiger partial charge is 0.326 e. The highest BCUT2D eigenvalue weighted by Gasteiger charge is 2.32. The van der Waals surface area contributed by atoms with E-state index in [0.717, 1.165) is 29.7 Å². The van der Waals surface area contributed by atoms with Gasteiger partial charge in [0.2, 0.25) is 0 Å². The molecule has 1 N–H and O–H groups in total. The number of aromatic nitrogens is 2. The highest BCUT2D eigenvalue weighted by Crippen LogP contribution is 2.42. The summed E-state index contributed by atoms with van der Waals surface area (Å²) in [6, 6.07) is -0.851. The summed E-state index contributed by atoms with van der Waals surface area (Å²) in [4.78, 5) is 30.7. The maximum atomic E-state index is 12.9. The summed E-state index contributed by atoms with van der Waals surface area (Å²) < 4.78 is 1.29. The van der Waals surface area contributed by atoms with E-state index in [9.17, 15) is 14.7 Å². The van der Waals surface area contributed by atoms with Crippen LogP contribution in [0.3, 0.4) is 0 Å². The molecule has 0 amide bonds. The molecule has 3 rings (SSSR count). The van der Waals surface area contributed by atoms with Gasteiger partial charge >= 0.3 is 5.97 Å². The normalized spacial score (nSPS) is 19.2. The van der Waals surface area contributed by atoms with E-state index in [0.29, 0.717) is 17.7 Å². The minimum atomic E-state index is -0.988. The van der Waals surface area contributed by atoms with E-state index in [1.165, 1.54) is 15.8 Å². The number of thiophene rings is 1. The third-order valence-corrected chi connectivity index (χ3v) is 6.39. The zero-order chi connectivity index (χ0) is 17.6. The molecule has 0 saturated heterocycles. The summed E-state index contributed by atoms with van der Waals surface area (Å²) in [6.07, 6.45) is 4.68. The molecule has 0 fully saturated rings. The topological polar surface area (TPSA) is 72.2 Å². The van der Waals surface area contributed by atoms with Crippen molar-refractivity contribution in [2.45, 2.75) is 59.4 Å². The van der Waals surface area contributed by atoms with Crippen LogP contribution in [0.1, 0.15) is 57.0 Å². The Labute approximate surface area is 145 Å². The molecule has 2 heterocycles. The number of aliphatic carboxylic acids is 1. The minimum absolute atomic E-state index is 0.207. The molecule has 0 spiro atoms. The monoisotopic (exact) mass is 348 g/mol. The number of hydrogen-bond donors (Lipinski definition) is 1. The Morgan fingerprint density at radius 1 is 1.50 bits per heavy atom. The van der Waals surface area contributed by atoms with E-state index in [2.05, 4.69) is 25.8 Å². The van der Waals surface area contributed by atoms with Gasteiger partial charge in [0.1, 0.15) is 10.9 Å². The molecule has 2 aromatic rings. The number of carbonyl (C=O) groups is 1. The summed E-state index contributed by atoms with van der Waals surface area (Å²) in [5, 5.41) is 9.99. The summed E-state index contributed by atoms with van der Waals surface area (Å²) in [7, 11) is 0. The summed E-state index contributed by atoms with van der Waals surface area (Å²) in [6.45, 7) is 8.56. The summed E-state index contributed by atoms with van der Waals surface area (Å²) >= 11 is 1.60. The van der Waals surface area contributed by atoms with Gasteiger partial charge in [-0.2, -0.15) is 0 Å². The highest BCUT2D eigenvalue weighted by atomic mass is 32.1. The van der Waals surface area contributed by atoms with Gasteiger partial charge in [0, 0.05) is 4.88 Å². The average molecular weight is 348 g/mol. The standard InChI is InChI=1S/C18H24N2O3S/c1-5-12(17(22)23)20-9-19-15-14(16(20)21)11-7-6-10(18(2,3)4)8-13(11)24-15/h9-10,12H,5-8H2,1-4H3,(H,22,23)/t10-,12+/m0/s1. The molecule has 5 nitrogen and oxygen atoms in total. The molecule has 0 unspecified atom stereocenters. The van der Waals surface area contributed by atoms with Gasteiger partial charge in [-0.3, -0.25) is 9.36 Å². The Kier molecular flexibility index (Phi) is 4.28. The molecule has 6 heteroatoms. The van der Waals surface area contributed by atoms with E-state index >= 15 is 0 Å². The second kappa shape index (κ2) is 5.99. The lowest BCUT2D eigenvalue weighted by molar-refractivity contribution is -0.141. The van der Waals surface area contributed by atoms with Crippen molar-refractivity contribution in [2.75, 3.05) is 0 Å². The summed E-state index contributed by atoms with van der Waals surface area (Å²) in [5.41, 5.74) is 1.14. The van der Waals surface area contributed by atoms with Crippen molar-refractivity contribution in [1.82, 2.24) is 9.55 Å². The minimum Gasteiger partial charge on any atom is -0.480 e. The number of carboxylic acids is 1. The van der Waals surface area contributed by atoms with Gasteiger partial charge in [-0.15, -0.1) is 11.3 Å². The number of aryl methyl sites for hydroxylation is 1. The molecular weight excluding hydrogens is 324 g/mol. The maximum absolute atomic E-state index is 12.9. The first kappa shape index (κ1) is 17.1. The van der Waals surface area contributed by atoms with Crippen LogP contribution in [0.2, 0.25) is 0 Å². The number of hydrogen-bond acceptors (Lipinski definition) is 4. The van der Waals surface area contributed by atoms with E-state index in [-0.39, 0.29) is 11.0 Å². The fourth-order valence-electron chi connectivity index (χ4n) is 3.63. The van der Waals surface area contributed by atoms with Crippen molar-refractivity contribution in [2.24, 2.45) is 11.3 Å². The highest BCUT2D eigenvalue weighted by molar-refractivity contribution is 7.18. The zero-order valence-electron chi connectivity index (χ0n) is 14.6. The van der Waals surface area contributed by atoms with E-state index in [1.807, 2.05) is 0 Å². The molecule has 0 bridgehead atoms. The molecule has 1 aliphatic carbocycles. The molecule has 2 atom stereocenters. The van der Waals surface area contributed by atoms with Crippen LogP contribution in [0.5, 0.6) is 0 Å².